The Morgan fingerprint density at radius 3 is 1.75 bits per heavy atom. The van der Waals surface area contributed by atoms with Crippen LogP contribution in [0.5, 0.6) is 0 Å². The van der Waals surface area contributed by atoms with Gasteiger partial charge in [-0.05, 0) is 116 Å². The summed E-state index contributed by atoms with van der Waals surface area (Å²) in [4.78, 5) is 2.45. The lowest BCUT2D eigenvalue weighted by Crippen LogP contribution is -2.30. The van der Waals surface area contributed by atoms with E-state index >= 15 is 0 Å². The number of hydrogen-bond donors (Lipinski definition) is 0. The van der Waals surface area contributed by atoms with E-state index in [-0.39, 0.29) is 10.8 Å². The fourth-order valence-corrected chi connectivity index (χ4v) is 9.86. The Bertz CT molecular complexity index is 3020. The Labute approximate surface area is 328 Å². The van der Waals surface area contributed by atoms with Crippen molar-refractivity contribution < 1.29 is 0 Å². The lowest BCUT2D eigenvalue weighted by atomic mass is 9.73. The molecule has 0 fully saturated rings. The third kappa shape index (κ3) is 4.69. The van der Waals surface area contributed by atoms with Crippen LogP contribution in [-0.2, 0) is 10.8 Å². The van der Waals surface area contributed by atoms with Gasteiger partial charge in [0.1, 0.15) is 0 Å². The number of nitrogens with zero attached hydrogens (tertiary/aromatic N) is 2. The van der Waals surface area contributed by atoms with Gasteiger partial charge in [-0.15, -0.1) is 0 Å². The Kier molecular flexibility index (Phi) is 6.98. The first kappa shape index (κ1) is 32.8. The SMILES string of the molecule is CC1(C)c2ccccc2-c2ccc(-n3c4ccccc4c4cc(-c5ccc6c(c5)C(C)(C)c5ccccc5N6c5ccc(-c6ccccc6)cc5)ccc43)cc21. The molecule has 0 saturated heterocycles. The minimum atomic E-state index is -0.191. The molecule has 0 bridgehead atoms. The van der Waals surface area contributed by atoms with E-state index in [0.29, 0.717) is 0 Å². The Hall–Kier alpha value is -6.64. The van der Waals surface area contributed by atoms with Gasteiger partial charge in [0.2, 0.25) is 0 Å². The van der Waals surface area contributed by atoms with E-state index < -0.39 is 0 Å². The molecule has 0 atom stereocenters. The second-order valence-electron chi connectivity index (χ2n) is 16.6. The van der Waals surface area contributed by atoms with Crippen LogP contribution in [0.25, 0.3) is 60.9 Å². The molecule has 0 unspecified atom stereocenters. The maximum Gasteiger partial charge on any atom is 0.0541 e. The summed E-state index contributed by atoms with van der Waals surface area (Å²) in [6, 6.07) is 67.5. The van der Waals surface area contributed by atoms with Crippen molar-refractivity contribution in [1.82, 2.24) is 4.57 Å². The number of rotatable bonds is 4. The highest BCUT2D eigenvalue weighted by molar-refractivity contribution is 6.10. The van der Waals surface area contributed by atoms with Gasteiger partial charge in [0.05, 0.1) is 22.4 Å². The molecule has 56 heavy (non-hydrogen) atoms. The van der Waals surface area contributed by atoms with E-state index in [1.807, 2.05) is 0 Å². The molecular formula is C54H42N2. The van der Waals surface area contributed by atoms with Crippen molar-refractivity contribution >= 4 is 38.9 Å². The fourth-order valence-electron chi connectivity index (χ4n) is 9.86. The molecule has 0 amide bonds. The summed E-state index contributed by atoms with van der Waals surface area (Å²) in [6.45, 7) is 9.47. The number of aromatic nitrogens is 1. The van der Waals surface area contributed by atoms with Crippen LogP contribution < -0.4 is 4.90 Å². The maximum atomic E-state index is 2.46. The molecule has 0 radical (unpaired) electrons. The predicted molar refractivity (Wildman–Crippen MR) is 236 cm³/mol. The highest BCUT2D eigenvalue weighted by Gasteiger charge is 2.38. The second-order valence-corrected chi connectivity index (χ2v) is 16.6. The summed E-state index contributed by atoms with van der Waals surface area (Å²) in [7, 11) is 0. The number of fused-ring (bicyclic) bond motifs is 8. The molecule has 268 valence electrons. The minimum Gasteiger partial charge on any atom is -0.310 e. The molecule has 2 heteroatoms. The van der Waals surface area contributed by atoms with E-state index in [1.165, 1.54) is 94.5 Å². The van der Waals surface area contributed by atoms with Crippen LogP contribution in [0.4, 0.5) is 17.1 Å². The molecule has 11 rings (SSSR count). The van der Waals surface area contributed by atoms with Gasteiger partial charge in [-0.25, -0.2) is 0 Å². The van der Waals surface area contributed by atoms with Crippen LogP contribution in [0.1, 0.15) is 49.9 Å². The van der Waals surface area contributed by atoms with Gasteiger partial charge in [-0.3, -0.25) is 0 Å². The summed E-state index contributed by atoms with van der Waals surface area (Å²) in [5.41, 5.74) is 20.1. The molecular weight excluding hydrogens is 677 g/mol. The van der Waals surface area contributed by atoms with E-state index in [0.717, 1.165) is 5.69 Å². The quantitative estimate of drug-likeness (QED) is 0.176. The highest BCUT2D eigenvalue weighted by atomic mass is 15.2. The minimum absolute atomic E-state index is 0.0597. The van der Waals surface area contributed by atoms with Gasteiger partial charge in [0.25, 0.3) is 0 Å². The average molecular weight is 719 g/mol. The predicted octanol–water partition coefficient (Wildman–Crippen LogP) is 14.5. The first-order valence-corrected chi connectivity index (χ1v) is 19.8. The number of hydrogen-bond acceptors (Lipinski definition) is 1. The molecule has 2 aliphatic rings. The Balaban J connectivity index is 1.03. The van der Waals surface area contributed by atoms with Gasteiger partial charge in [0, 0.05) is 33.0 Å². The first-order valence-electron chi connectivity index (χ1n) is 19.8. The third-order valence-corrected chi connectivity index (χ3v) is 12.8. The van der Waals surface area contributed by atoms with Crippen LogP contribution >= 0.6 is 0 Å². The van der Waals surface area contributed by atoms with Crippen LogP contribution in [0.3, 0.4) is 0 Å². The van der Waals surface area contributed by atoms with Crippen molar-refractivity contribution in [2.45, 2.75) is 38.5 Å². The number of benzene rings is 8. The largest absolute Gasteiger partial charge is 0.310 e. The maximum absolute atomic E-state index is 2.46. The van der Waals surface area contributed by atoms with Crippen molar-refractivity contribution in [2.75, 3.05) is 4.90 Å². The molecule has 0 saturated carbocycles. The van der Waals surface area contributed by atoms with Crippen molar-refractivity contribution in [3.8, 4) is 39.1 Å². The Morgan fingerprint density at radius 1 is 0.339 bits per heavy atom. The average Bonchev–Trinajstić information content (AvgIpc) is 3.69. The summed E-state index contributed by atoms with van der Waals surface area (Å²) < 4.78 is 2.46. The lowest BCUT2D eigenvalue weighted by Gasteiger charge is -2.42. The van der Waals surface area contributed by atoms with Crippen molar-refractivity contribution in [3.63, 3.8) is 0 Å². The van der Waals surface area contributed by atoms with Crippen molar-refractivity contribution in [2.24, 2.45) is 0 Å². The zero-order valence-electron chi connectivity index (χ0n) is 32.2. The normalized spacial score (nSPS) is 14.7. The van der Waals surface area contributed by atoms with Crippen LogP contribution in [-0.4, -0.2) is 4.57 Å². The van der Waals surface area contributed by atoms with Gasteiger partial charge in [-0.2, -0.15) is 0 Å². The monoisotopic (exact) mass is 718 g/mol. The van der Waals surface area contributed by atoms with Gasteiger partial charge in [-0.1, -0.05) is 149 Å². The molecule has 2 heterocycles. The lowest BCUT2D eigenvalue weighted by molar-refractivity contribution is 0.632. The van der Waals surface area contributed by atoms with Crippen molar-refractivity contribution in [1.29, 1.82) is 0 Å². The first-order chi connectivity index (χ1) is 27.3. The fraction of sp³-hybridized carbons (Fsp3) is 0.111. The van der Waals surface area contributed by atoms with Crippen LogP contribution in [0.2, 0.25) is 0 Å². The summed E-state index contributed by atoms with van der Waals surface area (Å²) in [5.74, 6) is 0. The molecule has 1 aliphatic carbocycles. The van der Waals surface area contributed by atoms with Crippen LogP contribution in [0, 0.1) is 0 Å². The molecule has 0 N–H and O–H groups in total. The number of anilines is 3. The van der Waals surface area contributed by atoms with Crippen molar-refractivity contribution in [3.05, 3.63) is 204 Å². The molecule has 2 nitrogen and oxygen atoms in total. The van der Waals surface area contributed by atoms with E-state index in [2.05, 4.69) is 219 Å². The van der Waals surface area contributed by atoms with Gasteiger partial charge in [0.15, 0.2) is 0 Å². The van der Waals surface area contributed by atoms with Gasteiger partial charge >= 0.3 is 0 Å². The second kappa shape index (κ2) is 11.9. The Morgan fingerprint density at radius 2 is 0.911 bits per heavy atom. The third-order valence-electron chi connectivity index (χ3n) is 12.8. The zero-order valence-corrected chi connectivity index (χ0v) is 32.2. The highest BCUT2D eigenvalue weighted by Crippen LogP contribution is 2.53. The van der Waals surface area contributed by atoms with Crippen LogP contribution in [0.15, 0.2) is 182 Å². The summed E-state index contributed by atoms with van der Waals surface area (Å²) in [6.07, 6.45) is 0. The molecule has 1 aromatic heterocycles. The molecule has 0 spiro atoms. The summed E-state index contributed by atoms with van der Waals surface area (Å²) in [5, 5.41) is 2.54. The molecule has 8 aromatic carbocycles. The van der Waals surface area contributed by atoms with E-state index in [1.54, 1.807) is 0 Å². The number of para-hydroxylation sites is 2. The smallest absolute Gasteiger partial charge is 0.0541 e. The van der Waals surface area contributed by atoms with E-state index in [4.69, 9.17) is 0 Å². The molecule has 1 aliphatic heterocycles. The molecule has 9 aromatic rings. The zero-order chi connectivity index (χ0) is 37.8. The summed E-state index contributed by atoms with van der Waals surface area (Å²) >= 11 is 0. The van der Waals surface area contributed by atoms with E-state index in [9.17, 15) is 0 Å². The topological polar surface area (TPSA) is 8.17 Å². The standard InChI is InChI=1S/C54H42N2/c1-53(2)45-18-10-8-16-41(45)42-29-28-40(34-47(42)53)56-49-20-12-9-17-43(49)44-32-37(24-30-50(44)56)38-25-31-52-48(33-38)54(3,4)46-19-11-13-21-51(46)55(52)39-26-22-36(23-27-39)35-14-6-5-7-15-35/h5-34H,1-4H3. The van der Waals surface area contributed by atoms with Gasteiger partial charge < -0.3 is 9.47 Å².